The van der Waals surface area contributed by atoms with Crippen molar-refractivity contribution in [3.63, 3.8) is 0 Å². The van der Waals surface area contributed by atoms with Crippen molar-refractivity contribution in [2.75, 3.05) is 13.2 Å². The number of carbonyl (C=O) groups excluding carboxylic acids is 2. The van der Waals surface area contributed by atoms with Gasteiger partial charge in [0.05, 0.1) is 6.61 Å². The van der Waals surface area contributed by atoms with Crippen molar-refractivity contribution in [2.24, 2.45) is 0 Å². The van der Waals surface area contributed by atoms with Gasteiger partial charge in [0.15, 0.2) is 0 Å². The van der Waals surface area contributed by atoms with Crippen LogP contribution in [-0.2, 0) is 14.3 Å². The van der Waals surface area contributed by atoms with Crippen LogP contribution in [0.15, 0.2) is 60.7 Å². The van der Waals surface area contributed by atoms with Crippen LogP contribution in [0.3, 0.4) is 0 Å². The highest BCUT2D eigenvalue weighted by Gasteiger charge is 2.38. The van der Waals surface area contributed by atoms with Crippen LogP contribution in [0.5, 0.6) is 5.75 Å². The van der Waals surface area contributed by atoms with Crippen molar-refractivity contribution in [1.29, 1.82) is 0 Å². The third-order valence-corrected chi connectivity index (χ3v) is 4.20. The van der Waals surface area contributed by atoms with Gasteiger partial charge in [-0.1, -0.05) is 48.5 Å². The van der Waals surface area contributed by atoms with Crippen molar-refractivity contribution in [2.45, 2.75) is 31.9 Å². The maximum Gasteiger partial charge on any atom is 0.325 e. The Morgan fingerprint density at radius 1 is 1.04 bits per heavy atom. The zero-order valence-corrected chi connectivity index (χ0v) is 14.8. The van der Waals surface area contributed by atoms with Crippen LogP contribution in [0.4, 0.5) is 0 Å². The molecule has 0 spiro atoms. The van der Waals surface area contributed by atoms with E-state index in [1.54, 1.807) is 11.8 Å². The van der Waals surface area contributed by atoms with E-state index in [9.17, 15) is 9.59 Å². The van der Waals surface area contributed by atoms with Gasteiger partial charge in [-0.25, -0.2) is 0 Å². The number of rotatable bonds is 8. The first-order chi connectivity index (χ1) is 12.7. The van der Waals surface area contributed by atoms with Gasteiger partial charge in [0, 0.05) is 11.6 Å². The molecule has 1 amide bonds. The Morgan fingerprint density at radius 3 is 2.23 bits per heavy atom. The predicted octanol–water partition coefficient (Wildman–Crippen LogP) is 3.36. The number of para-hydroxylation sites is 1. The van der Waals surface area contributed by atoms with E-state index < -0.39 is 6.10 Å². The molecule has 26 heavy (non-hydrogen) atoms. The van der Waals surface area contributed by atoms with E-state index in [2.05, 4.69) is 0 Å². The highest BCUT2D eigenvalue weighted by molar-refractivity contribution is 5.87. The van der Waals surface area contributed by atoms with Crippen LogP contribution in [-0.4, -0.2) is 36.0 Å². The number of nitrogens with zero attached hydrogens (tertiary/aromatic N) is 1. The maximum atomic E-state index is 13.3. The molecule has 0 N–H and O–H groups in total. The molecular weight excluding hydrogens is 330 g/mol. The normalized spacial score (nSPS) is 14.3. The smallest absolute Gasteiger partial charge is 0.325 e. The molecule has 1 saturated carbocycles. The highest BCUT2D eigenvalue weighted by Crippen LogP contribution is 2.31. The zero-order valence-electron chi connectivity index (χ0n) is 14.8. The minimum absolute atomic E-state index is 0.0428. The second-order valence-electron chi connectivity index (χ2n) is 6.22. The van der Waals surface area contributed by atoms with E-state index in [-0.39, 0.29) is 24.5 Å². The highest BCUT2D eigenvalue weighted by atomic mass is 16.5. The number of ether oxygens (including phenoxy) is 2. The number of hydrogen-bond acceptors (Lipinski definition) is 4. The van der Waals surface area contributed by atoms with Crippen LogP contribution in [0.1, 0.15) is 31.4 Å². The summed E-state index contributed by atoms with van der Waals surface area (Å²) in [4.78, 5) is 26.8. The fourth-order valence-electron chi connectivity index (χ4n) is 2.79. The first-order valence-electron chi connectivity index (χ1n) is 8.91. The second kappa shape index (κ2) is 8.52. The summed E-state index contributed by atoms with van der Waals surface area (Å²) in [6, 6.07) is 18.7. The molecule has 1 atom stereocenters. The molecule has 0 radical (unpaired) electrons. The number of benzene rings is 2. The van der Waals surface area contributed by atoms with E-state index in [0.29, 0.717) is 12.4 Å². The fraction of sp³-hybridized carbons (Fsp3) is 0.333. The lowest BCUT2D eigenvalue weighted by molar-refractivity contribution is -0.152. The van der Waals surface area contributed by atoms with Crippen molar-refractivity contribution >= 4 is 11.9 Å². The third kappa shape index (κ3) is 4.63. The number of hydrogen-bond donors (Lipinski definition) is 0. The molecule has 0 saturated heterocycles. The molecule has 136 valence electrons. The molecule has 5 heteroatoms. The molecule has 1 aliphatic carbocycles. The summed E-state index contributed by atoms with van der Waals surface area (Å²) >= 11 is 0. The van der Waals surface area contributed by atoms with Crippen molar-refractivity contribution in [1.82, 2.24) is 4.90 Å². The van der Waals surface area contributed by atoms with Crippen LogP contribution < -0.4 is 4.74 Å². The van der Waals surface area contributed by atoms with Gasteiger partial charge in [-0.05, 0) is 31.9 Å². The predicted molar refractivity (Wildman–Crippen MR) is 97.6 cm³/mol. The van der Waals surface area contributed by atoms with Gasteiger partial charge in [-0.3, -0.25) is 9.59 Å². The Hall–Kier alpha value is -2.82. The molecule has 0 heterocycles. The van der Waals surface area contributed by atoms with Crippen LogP contribution in [0.25, 0.3) is 0 Å². The van der Waals surface area contributed by atoms with Gasteiger partial charge in [0.2, 0.25) is 6.10 Å². The van der Waals surface area contributed by atoms with E-state index in [1.165, 1.54) is 0 Å². The molecular formula is C21H23NO4. The Balaban J connectivity index is 1.84. The number of amides is 1. The molecule has 1 fully saturated rings. The van der Waals surface area contributed by atoms with Gasteiger partial charge in [-0.2, -0.15) is 0 Å². The molecule has 3 rings (SSSR count). The minimum Gasteiger partial charge on any atom is -0.476 e. The van der Waals surface area contributed by atoms with Gasteiger partial charge in [-0.15, -0.1) is 0 Å². The standard InChI is InChI=1S/C21H23NO4/c1-2-25-19(23)15-22(17-13-14-17)21(24)20(16-9-5-3-6-10-16)26-18-11-7-4-8-12-18/h3-12,17,20H,2,13-15H2,1H3. The maximum absolute atomic E-state index is 13.3. The molecule has 0 bridgehead atoms. The first-order valence-corrected chi connectivity index (χ1v) is 8.91. The Labute approximate surface area is 153 Å². The molecule has 2 aromatic rings. The van der Waals surface area contributed by atoms with Crippen LogP contribution in [0, 0.1) is 0 Å². The Bertz CT molecular complexity index is 728. The average Bonchev–Trinajstić information content (AvgIpc) is 3.50. The lowest BCUT2D eigenvalue weighted by Gasteiger charge is -2.27. The number of esters is 1. The van der Waals surface area contributed by atoms with Crippen molar-refractivity contribution < 1.29 is 19.1 Å². The molecule has 0 aromatic heterocycles. The topological polar surface area (TPSA) is 55.8 Å². The van der Waals surface area contributed by atoms with E-state index in [4.69, 9.17) is 9.47 Å². The summed E-state index contributed by atoms with van der Waals surface area (Å²) in [7, 11) is 0. The van der Waals surface area contributed by atoms with Gasteiger partial charge < -0.3 is 14.4 Å². The molecule has 1 aliphatic rings. The second-order valence-corrected chi connectivity index (χ2v) is 6.22. The molecule has 0 aliphatic heterocycles. The van der Waals surface area contributed by atoms with Crippen molar-refractivity contribution in [3.8, 4) is 5.75 Å². The number of carbonyl (C=O) groups is 2. The SMILES string of the molecule is CCOC(=O)CN(C(=O)C(Oc1ccccc1)c1ccccc1)C1CC1. The van der Waals surface area contributed by atoms with E-state index in [0.717, 1.165) is 18.4 Å². The van der Waals surface area contributed by atoms with E-state index >= 15 is 0 Å². The summed E-state index contributed by atoms with van der Waals surface area (Å²) in [6.45, 7) is 2.01. The minimum atomic E-state index is -0.798. The lowest BCUT2D eigenvalue weighted by Crippen LogP contribution is -2.42. The summed E-state index contributed by atoms with van der Waals surface area (Å²) < 4.78 is 11.1. The largest absolute Gasteiger partial charge is 0.476 e. The quantitative estimate of drug-likeness (QED) is 0.683. The van der Waals surface area contributed by atoms with Gasteiger partial charge in [0.1, 0.15) is 12.3 Å². The summed E-state index contributed by atoms with van der Waals surface area (Å²) in [5.74, 6) is 0.0106. The molecule has 5 nitrogen and oxygen atoms in total. The summed E-state index contributed by atoms with van der Waals surface area (Å²) in [5.41, 5.74) is 0.760. The van der Waals surface area contributed by atoms with Crippen LogP contribution in [0.2, 0.25) is 0 Å². The van der Waals surface area contributed by atoms with Crippen LogP contribution >= 0.6 is 0 Å². The lowest BCUT2D eigenvalue weighted by atomic mass is 10.1. The molecule has 1 unspecified atom stereocenters. The monoisotopic (exact) mass is 353 g/mol. The van der Waals surface area contributed by atoms with E-state index in [1.807, 2.05) is 60.7 Å². The fourth-order valence-corrected chi connectivity index (χ4v) is 2.79. The third-order valence-electron chi connectivity index (χ3n) is 4.20. The Morgan fingerprint density at radius 2 is 1.65 bits per heavy atom. The summed E-state index contributed by atoms with van der Waals surface area (Å²) in [6.07, 6.45) is 1.00. The molecule has 2 aromatic carbocycles. The van der Waals surface area contributed by atoms with Gasteiger partial charge in [0.25, 0.3) is 5.91 Å². The average molecular weight is 353 g/mol. The zero-order chi connectivity index (χ0) is 18.4. The van der Waals surface area contributed by atoms with Gasteiger partial charge >= 0.3 is 5.97 Å². The Kier molecular flexibility index (Phi) is 5.89. The first kappa shape index (κ1) is 18.0. The summed E-state index contributed by atoms with van der Waals surface area (Å²) in [5, 5.41) is 0. The van der Waals surface area contributed by atoms with Crippen molar-refractivity contribution in [3.05, 3.63) is 66.2 Å².